The monoisotopic (exact) mass is 540 g/mol. The quantitative estimate of drug-likeness (QED) is 0.419. The minimum absolute atomic E-state index is 0.0276. The fraction of sp³-hybridized carbons (Fsp3) is 0.733. The number of carbonyl (C=O) groups excluding carboxylic acids is 4. The van der Waals surface area contributed by atoms with Gasteiger partial charge in [-0.3, -0.25) is 19.2 Å². The van der Waals surface area contributed by atoms with Crippen molar-refractivity contribution in [2.24, 2.45) is 28.1 Å². The second-order valence-corrected chi connectivity index (χ2v) is 13.7. The van der Waals surface area contributed by atoms with E-state index in [0.717, 1.165) is 5.56 Å². The molecule has 0 aromatic carbocycles. The number of carbonyl (C=O) groups is 4. The standard InChI is InChI=1S/C30H36O9/c1-14(31)36-23-24-28(6,20(34)11-19-26(3,4)38-21-9-17(33)12-29(19,21)24)30-22(39-30)10-18(16-7-8-35-13-16)27(30,5)25(23)37-15(2)32/h7-8,13,18-19,21-25H,9-12H2,1-6H3/t18-,19-,21-,22+,23+,24?,25-,27+,28+,29+,30+/m0/s1. The van der Waals surface area contributed by atoms with E-state index in [-0.39, 0.29) is 48.8 Å². The zero-order valence-corrected chi connectivity index (χ0v) is 23.3. The summed E-state index contributed by atoms with van der Waals surface area (Å²) in [6.07, 6.45) is 2.06. The number of rotatable bonds is 3. The molecule has 6 fully saturated rings. The number of esters is 2. The Bertz CT molecular complexity index is 1300. The zero-order chi connectivity index (χ0) is 27.9. The number of furan rings is 1. The van der Waals surface area contributed by atoms with Crippen LogP contribution in [0.4, 0.5) is 0 Å². The molecular formula is C30H36O9. The van der Waals surface area contributed by atoms with Gasteiger partial charge in [-0.05, 0) is 38.8 Å². The molecule has 9 nitrogen and oxygen atoms in total. The van der Waals surface area contributed by atoms with Crippen LogP contribution in [0.3, 0.4) is 0 Å². The van der Waals surface area contributed by atoms with E-state index in [4.69, 9.17) is 23.4 Å². The lowest BCUT2D eigenvalue weighted by atomic mass is 9.37. The second kappa shape index (κ2) is 7.40. The van der Waals surface area contributed by atoms with Gasteiger partial charge in [-0.25, -0.2) is 0 Å². The van der Waals surface area contributed by atoms with Gasteiger partial charge in [-0.1, -0.05) is 6.92 Å². The summed E-state index contributed by atoms with van der Waals surface area (Å²) in [7, 11) is 0. The van der Waals surface area contributed by atoms with Crippen LogP contribution in [0, 0.1) is 28.1 Å². The molecule has 1 unspecified atom stereocenters. The maximum absolute atomic E-state index is 14.6. The van der Waals surface area contributed by atoms with Crippen molar-refractivity contribution in [3.63, 3.8) is 0 Å². The third-order valence-electron chi connectivity index (χ3n) is 11.8. The SMILES string of the molecule is CC(=O)O[C@@H]1C2[C@@]34CC(=O)C[C@@H]3OC(C)(C)[C@@H]4CC(=O)[C@@]2(C)[C@@]23O[C@@H]2C[C@@H](c2ccoc2)[C@]3(C)[C@H]1OC(C)=O. The molecule has 39 heavy (non-hydrogen) atoms. The van der Waals surface area contributed by atoms with E-state index in [1.165, 1.54) is 13.8 Å². The van der Waals surface area contributed by atoms with Gasteiger partial charge >= 0.3 is 11.9 Å². The van der Waals surface area contributed by atoms with Crippen molar-refractivity contribution in [2.45, 2.75) is 109 Å². The number of hydrogen-bond donors (Lipinski definition) is 0. The fourth-order valence-corrected chi connectivity index (χ4v) is 10.8. The molecule has 9 heteroatoms. The van der Waals surface area contributed by atoms with Gasteiger partial charge in [-0.15, -0.1) is 0 Å². The first-order valence-corrected chi connectivity index (χ1v) is 14.0. The number of ketones is 2. The highest BCUT2D eigenvalue weighted by Gasteiger charge is 2.93. The summed E-state index contributed by atoms with van der Waals surface area (Å²) in [4.78, 5) is 53.3. The van der Waals surface area contributed by atoms with Gasteiger partial charge in [0.2, 0.25) is 0 Å². The van der Waals surface area contributed by atoms with Crippen LogP contribution in [-0.2, 0) is 38.1 Å². The number of epoxide rings is 1. The molecule has 7 rings (SSSR count). The lowest BCUT2D eigenvalue weighted by molar-refractivity contribution is -0.264. The van der Waals surface area contributed by atoms with Crippen molar-refractivity contribution < 1.29 is 42.5 Å². The lowest BCUT2D eigenvalue weighted by Crippen LogP contribution is -2.77. The van der Waals surface area contributed by atoms with Gasteiger partial charge in [0.25, 0.3) is 0 Å². The molecule has 0 radical (unpaired) electrons. The van der Waals surface area contributed by atoms with Crippen molar-refractivity contribution >= 4 is 23.5 Å². The minimum Gasteiger partial charge on any atom is -0.472 e. The molecule has 4 aliphatic carbocycles. The third kappa shape index (κ3) is 2.69. The van der Waals surface area contributed by atoms with Gasteiger partial charge in [0.15, 0.2) is 0 Å². The highest BCUT2D eigenvalue weighted by molar-refractivity contribution is 5.92. The van der Waals surface area contributed by atoms with Crippen LogP contribution in [0.1, 0.15) is 78.7 Å². The molecule has 210 valence electrons. The van der Waals surface area contributed by atoms with E-state index >= 15 is 0 Å². The Balaban J connectivity index is 1.51. The van der Waals surface area contributed by atoms with Crippen molar-refractivity contribution in [1.82, 2.24) is 0 Å². The van der Waals surface area contributed by atoms with E-state index in [0.29, 0.717) is 6.42 Å². The zero-order valence-electron chi connectivity index (χ0n) is 23.3. The number of fused-ring (bicyclic) bond motifs is 1. The van der Waals surface area contributed by atoms with Crippen molar-refractivity contribution in [2.75, 3.05) is 0 Å². The Morgan fingerprint density at radius 3 is 2.33 bits per heavy atom. The molecule has 3 heterocycles. The molecule has 0 N–H and O–H groups in total. The second-order valence-electron chi connectivity index (χ2n) is 13.7. The molecular weight excluding hydrogens is 504 g/mol. The topological polar surface area (TPSA) is 122 Å². The molecule has 1 aromatic heterocycles. The fourth-order valence-electron chi connectivity index (χ4n) is 10.8. The average Bonchev–Trinajstić information content (AvgIpc) is 3.09. The number of Topliss-reactive ketones (excluding diaryl/α,β-unsaturated/α-hetero) is 2. The first kappa shape index (κ1) is 25.4. The number of ether oxygens (including phenoxy) is 4. The Hall–Kier alpha value is -2.52. The maximum Gasteiger partial charge on any atom is 0.303 e. The summed E-state index contributed by atoms with van der Waals surface area (Å²) < 4.78 is 31.1. The van der Waals surface area contributed by atoms with Gasteiger partial charge in [0, 0.05) is 61.7 Å². The molecule has 2 aliphatic heterocycles. The van der Waals surface area contributed by atoms with Gasteiger partial charge in [0.05, 0.1) is 35.8 Å². The number of hydrogen-bond acceptors (Lipinski definition) is 9. The van der Waals surface area contributed by atoms with Crippen LogP contribution < -0.4 is 0 Å². The predicted molar refractivity (Wildman–Crippen MR) is 133 cm³/mol. The summed E-state index contributed by atoms with van der Waals surface area (Å²) in [6, 6.07) is 1.89. The van der Waals surface area contributed by atoms with E-state index in [1.54, 1.807) is 12.5 Å². The molecule has 0 bridgehead atoms. The largest absolute Gasteiger partial charge is 0.472 e. The normalized spacial score (nSPS) is 50.4. The van der Waals surface area contributed by atoms with Crippen LogP contribution >= 0.6 is 0 Å². The molecule has 2 spiro atoms. The van der Waals surface area contributed by atoms with Crippen LogP contribution in [-0.4, -0.2) is 59.1 Å². The summed E-state index contributed by atoms with van der Waals surface area (Å²) in [6.45, 7) is 10.6. The molecule has 4 saturated carbocycles. The first-order chi connectivity index (χ1) is 18.2. The molecule has 11 atom stereocenters. The highest BCUT2D eigenvalue weighted by atomic mass is 16.6. The van der Waals surface area contributed by atoms with Crippen molar-refractivity contribution in [1.29, 1.82) is 0 Å². The smallest absolute Gasteiger partial charge is 0.303 e. The Kier molecular flexibility index (Phi) is 4.83. The van der Waals surface area contributed by atoms with E-state index < -0.39 is 63.6 Å². The van der Waals surface area contributed by atoms with E-state index in [9.17, 15) is 19.2 Å². The van der Waals surface area contributed by atoms with E-state index in [2.05, 4.69) is 0 Å². The van der Waals surface area contributed by atoms with Crippen molar-refractivity contribution in [3.05, 3.63) is 24.2 Å². The molecule has 2 saturated heterocycles. The van der Waals surface area contributed by atoms with Crippen LogP contribution in [0.15, 0.2) is 23.0 Å². The summed E-state index contributed by atoms with van der Waals surface area (Å²) in [5.41, 5.74) is -3.48. The Labute approximate surface area is 227 Å². The van der Waals surface area contributed by atoms with Gasteiger partial charge in [0.1, 0.15) is 29.4 Å². The Morgan fingerprint density at radius 2 is 1.69 bits per heavy atom. The minimum atomic E-state index is -1.11. The van der Waals surface area contributed by atoms with Crippen LogP contribution in [0.2, 0.25) is 0 Å². The first-order valence-electron chi connectivity index (χ1n) is 14.0. The molecule has 0 amide bonds. The Morgan fingerprint density at radius 1 is 0.974 bits per heavy atom. The average molecular weight is 541 g/mol. The van der Waals surface area contributed by atoms with Crippen LogP contribution in [0.5, 0.6) is 0 Å². The summed E-state index contributed by atoms with van der Waals surface area (Å²) >= 11 is 0. The molecule has 6 aliphatic rings. The lowest BCUT2D eigenvalue weighted by Gasteiger charge is -2.66. The van der Waals surface area contributed by atoms with Gasteiger partial charge < -0.3 is 23.4 Å². The highest BCUT2D eigenvalue weighted by Crippen LogP contribution is 2.83. The van der Waals surface area contributed by atoms with Crippen LogP contribution in [0.25, 0.3) is 0 Å². The predicted octanol–water partition coefficient (Wildman–Crippen LogP) is 3.53. The molecule has 1 aromatic rings. The van der Waals surface area contributed by atoms with Crippen molar-refractivity contribution in [3.8, 4) is 0 Å². The van der Waals surface area contributed by atoms with Gasteiger partial charge in [-0.2, -0.15) is 0 Å². The summed E-state index contributed by atoms with van der Waals surface area (Å²) in [5, 5.41) is 0. The third-order valence-corrected chi connectivity index (χ3v) is 11.8. The summed E-state index contributed by atoms with van der Waals surface area (Å²) in [5.74, 6) is -2.00. The maximum atomic E-state index is 14.6. The van der Waals surface area contributed by atoms with E-state index in [1.807, 2.05) is 33.8 Å².